The Kier molecular flexibility index (Phi) is 3.61. The van der Waals surface area contributed by atoms with Crippen LogP contribution in [0.5, 0.6) is 0 Å². The molecule has 28 heavy (non-hydrogen) atoms. The predicted octanol–water partition coefficient (Wildman–Crippen LogP) is 6.11. The quantitative estimate of drug-likeness (QED) is 0.402. The molecule has 0 radical (unpaired) electrons. The second kappa shape index (κ2) is 6.18. The largest absolute Gasteiger partial charge is 0.309 e. The number of hydrogen-bond acceptors (Lipinski definition) is 1. The summed E-state index contributed by atoms with van der Waals surface area (Å²) < 4.78 is 0. The van der Waals surface area contributed by atoms with Gasteiger partial charge in [0.15, 0.2) is 0 Å². The Balaban J connectivity index is 1.49. The zero-order valence-electron chi connectivity index (χ0n) is 16.3. The van der Waals surface area contributed by atoms with E-state index < -0.39 is 0 Å². The van der Waals surface area contributed by atoms with Crippen molar-refractivity contribution in [3.8, 4) is 0 Å². The van der Waals surface area contributed by atoms with Crippen molar-refractivity contribution in [2.45, 2.75) is 38.8 Å². The summed E-state index contributed by atoms with van der Waals surface area (Å²) in [4.78, 5) is 0. The lowest BCUT2D eigenvalue weighted by molar-refractivity contribution is 0.429. The van der Waals surface area contributed by atoms with Gasteiger partial charge in [0.1, 0.15) is 0 Å². The molecule has 1 aliphatic carbocycles. The summed E-state index contributed by atoms with van der Waals surface area (Å²) in [7, 11) is 0. The lowest BCUT2D eigenvalue weighted by Crippen LogP contribution is -2.22. The lowest BCUT2D eigenvalue weighted by atomic mass is 9.72. The first-order valence-corrected chi connectivity index (χ1v) is 10.5. The van der Waals surface area contributed by atoms with Crippen LogP contribution >= 0.6 is 0 Å². The Hall–Kier alpha value is -2.64. The van der Waals surface area contributed by atoms with Gasteiger partial charge in [-0.1, -0.05) is 73.7 Å². The number of hydrogen-bond donors (Lipinski definition) is 1. The second-order valence-electron chi connectivity index (χ2n) is 8.71. The first-order valence-electron chi connectivity index (χ1n) is 10.5. The van der Waals surface area contributed by atoms with Crippen LogP contribution in [0.25, 0.3) is 21.5 Å². The summed E-state index contributed by atoms with van der Waals surface area (Å²) >= 11 is 0. The molecule has 2 atom stereocenters. The molecule has 1 aliphatic heterocycles. The van der Waals surface area contributed by atoms with E-state index in [2.05, 4.69) is 79.0 Å². The van der Waals surface area contributed by atoms with Crippen LogP contribution in [0, 0.1) is 5.92 Å². The summed E-state index contributed by atoms with van der Waals surface area (Å²) in [6, 6.07) is 25.4. The molecule has 0 spiro atoms. The molecule has 1 heterocycles. The molecule has 4 aromatic rings. The molecule has 0 saturated heterocycles. The molecular weight excluding hydrogens is 338 g/mol. The van der Waals surface area contributed by atoms with E-state index in [4.69, 9.17) is 0 Å². The van der Waals surface area contributed by atoms with Gasteiger partial charge in [0.25, 0.3) is 0 Å². The molecule has 6 rings (SSSR count). The number of rotatable bonds is 1. The Morgan fingerprint density at radius 3 is 2.50 bits per heavy atom. The third-order valence-electron chi connectivity index (χ3n) is 7.08. The van der Waals surface area contributed by atoms with Crippen molar-refractivity contribution in [3.63, 3.8) is 0 Å². The molecule has 1 heteroatoms. The molecule has 0 amide bonds. The smallest absolute Gasteiger partial charge is 0.0212 e. The minimum atomic E-state index is 0.607. The van der Waals surface area contributed by atoms with Crippen LogP contribution in [-0.4, -0.2) is 0 Å². The summed E-state index contributed by atoms with van der Waals surface area (Å²) in [5, 5.41) is 9.06. The highest BCUT2D eigenvalue weighted by Gasteiger charge is 2.28. The van der Waals surface area contributed by atoms with Crippen LogP contribution < -0.4 is 5.32 Å². The number of nitrogens with one attached hydrogen (secondary N) is 1. The number of benzene rings is 4. The maximum absolute atomic E-state index is 3.49. The van der Waals surface area contributed by atoms with E-state index >= 15 is 0 Å². The van der Waals surface area contributed by atoms with Gasteiger partial charge in [0.05, 0.1) is 0 Å². The third-order valence-corrected chi connectivity index (χ3v) is 7.08. The van der Waals surface area contributed by atoms with Gasteiger partial charge in [-0.2, -0.15) is 0 Å². The molecule has 0 saturated carbocycles. The monoisotopic (exact) mass is 363 g/mol. The van der Waals surface area contributed by atoms with Crippen LogP contribution in [0.2, 0.25) is 0 Å². The highest BCUT2D eigenvalue weighted by molar-refractivity contribution is 6.08. The summed E-state index contributed by atoms with van der Waals surface area (Å²) in [5.41, 5.74) is 7.63. The van der Waals surface area contributed by atoms with Crippen LogP contribution in [-0.2, 0) is 25.9 Å². The maximum Gasteiger partial charge on any atom is 0.0212 e. The van der Waals surface area contributed by atoms with Gasteiger partial charge in [0.2, 0.25) is 0 Å². The minimum absolute atomic E-state index is 0.607. The average molecular weight is 364 g/mol. The predicted molar refractivity (Wildman–Crippen MR) is 118 cm³/mol. The highest BCUT2D eigenvalue weighted by atomic mass is 14.9. The third kappa shape index (κ3) is 2.43. The first-order chi connectivity index (χ1) is 13.8. The van der Waals surface area contributed by atoms with Gasteiger partial charge in [-0.05, 0) is 74.0 Å². The fourth-order valence-electron chi connectivity index (χ4n) is 5.53. The molecule has 0 fully saturated rings. The Morgan fingerprint density at radius 2 is 1.54 bits per heavy atom. The lowest BCUT2D eigenvalue weighted by Gasteiger charge is -2.32. The fourth-order valence-corrected chi connectivity index (χ4v) is 5.53. The van der Waals surface area contributed by atoms with Crippen molar-refractivity contribution in [1.82, 2.24) is 5.32 Å². The van der Waals surface area contributed by atoms with Gasteiger partial charge in [-0.3, -0.25) is 0 Å². The minimum Gasteiger partial charge on any atom is -0.309 e. The van der Waals surface area contributed by atoms with Crippen molar-refractivity contribution in [2.24, 2.45) is 5.92 Å². The number of fused-ring (bicyclic) bond motifs is 6. The topological polar surface area (TPSA) is 12.0 Å². The van der Waals surface area contributed by atoms with E-state index in [0.29, 0.717) is 11.8 Å². The zero-order valence-corrected chi connectivity index (χ0v) is 16.3. The molecule has 2 aliphatic rings. The fraction of sp³-hybridized carbons (Fsp3) is 0.259. The van der Waals surface area contributed by atoms with Crippen LogP contribution in [0.15, 0.2) is 66.7 Å². The zero-order chi connectivity index (χ0) is 18.7. The van der Waals surface area contributed by atoms with Crippen LogP contribution in [0.1, 0.15) is 40.7 Å². The molecule has 2 unspecified atom stereocenters. The molecule has 1 N–H and O–H groups in total. The van der Waals surface area contributed by atoms with Crippen LogP contribution in [0.3, 0.4) is 0 Å². The molecule has 0 aromatic heterocycles. The standard InChI is InChI=1S/C27H25N/c1-17-12-19-9-11-24-23-5-3-2-4-18(23)8-10-25(24)27(19)14-26(17)20-6-7-21-15-28-16-22(21)13-20/h2-11,13,17,26,28H,12,14-16H2,1H3. The van der Waals surface area contributed by atoms with Gasteiger partial charge >= 0.3 is 0 Å². The second-order valence-corrected chi connectivity index (χ2v) is 8.71. The van der Waals surface area contributed by atoms with Crippen molar-refractivity contribution in [1.29, 1.82) is 0 Å². The van der Waals surface area contributed by atoms with E-state index in [1.165, 1.54) is 44.7 Å². The van der Waals surface area contributed by atoms with Crippen molar-refractivity contribution < 1.29 is 0 Å². The normalized spacial score (nSPS) is 21.0. The Morgan fingerprint density at radius 1 is 0.714 bits per heavy atom. The van der Waals surface area contributed by atoms with E-state index in [0.717, 1.165) is 19.5 Å². The van der Waals surface area contributed by atoms with E-state index in [9.17, 15) is 0 Å². The maximum atomic E-state index is 3.49. The molecule has 4 aromatic carbocycles. The summed E-state index contributed by atoms with van der Waals surface area (Å²) in [6.07, 6.45) is 2.33. The first kappa shape index (κ1) is 16.3. The van der Waals surface area contributed by atoms with Gasteiger partial charge in [-0.25, -0.2) is 0 Å². The molecular formula is C27H25N. The average Bonchev–Trinajstić information content (AvgIpc) is 3.20. The van der Waals surface area contributed by atoms with E-state index in [-0.39, 0.29) is 0 Å². The Labute approximate surface area is 166 Å². The molecule has 1 nitrogen and oxygen atoms in total. The molecule has 138 valence electrons. The molecule has 0 bridgehead atoms. The van der Waals surface area contributed by atoms with E-state index in [1.807, 2.05) is 0 Å². The Bertz CT molecular complexity index is 1220. The summed E-state index contributed by atoms with van der Waals surface area (Å²) in [6.45, 7) is 4.48. The van der Waals surface area contributed by atoms with Crippen molar-refractivity contribution in [2.75, 3.05) is 0 Å². The summed E-state index contributed by atoms with van der Waals surface area (Å²) in [5.74, 6) is 1.29. The van der Waals surface area contributed by atoms with Gasteiger partial charge in [0, 0.05) is 13.1 Å². The van der Waals surface area contributed by atoms with Crippen molar-refractivity contribution >= 4 is 21.5 Å². The SMILES string of the molecule is CC1Cc2ccc3c(ccc4ccccc43)c2CC1c1ccc2c(c1)CNC2. The van der Waals surface area contributed by atoms with Crippen LogP contribution in [0.4, 0.5) is 0 Å². The van der Waals surface area contributed by atoms with Gasteiger partial charge in [-0.15, -0.1) is 0 Å². The van der Waals surface area contributed by atoms with E-state index in [1.54, 1.807) is 11.1 Å². The van der Waals surface area contributed by atoms with Gasteiger partial charge < -0.3 is 5.32 Å². The highest BCUT2D eigenvalue weighted by Crippen LogP contribution is 2.41. The van der Waals surface area contributed by atoms with Crippen molar-refractivity contribution in [3.05, 3.63) is 94.5 Å².